The van der Waals surface area contributed by atoms with Gasteiger partial charge in [0.25, 0.3) is 0 Å². The first kappa shape index (κ1) is 20.7. The van der Waals surface area contributed by atoms with Crippen LogP contribution in [-0.2, 0) is 6.54 Å². The third kappa shape index (κ3) is 4.24. The van der Waals surface area contributed by atoms with Crippen molar-refractivity contribution in [3.8, 4) is 17.2 Å². The molecule has 1 aliphatic rings. The van der Waals surface area contributed by atoms with E-state index in [0.29, 0.717) is 11.8 Å². The molecule has 1 aliphatic heterocycles. The fourth-order valence-electron chi connectivity index (χ4n) is 4.39. The van der Waals surface area contributed by atoms with Crippen LogP contribution < -0.4 is 4.74 Å². The van der Waals surface area contributed by atoms with Crippen molar-refractivity contribution in [1.29, 1.82) is 0 Å². The summed E-state index contributed by atoms with van der Waals surface area (Å²) < 4.78 is 11.2. The van der Waals surface area contributed by atoms with Gasteiger partial charge in [-0.1, -0.05) is 42.5 Å². The van der Waals surface area contributed by atoms with Crippen molar-refractivity contribution in [2.75, 3.05) is 33.3 Å². The van der Waals surface area contributed by atoms with Crippen LogP contribution in [0.4, 0.5) is 0 Å². The molecular weight excluding hydrogens is 400 g/mol. The Bertz CT molecular complexity index is 1170. The average molecular weight is 429 g/mol. The standard InChI is InChI=1S/C26H28N4O2/c1-19(25-27-28-26(32-25)21-10-12-23(31-2)13-11-21)30-16-14-29(15-17-30)18-22-8-5-7-20-6-3-4-9-24(20)22/h3-13,19H,14-18H2,1-2H3/t19-/m0/s1. The predicted molar refractivity (Wildman–Crippen MR) is 125 cm³/mol. The first-order valence-electron chi connectivity index (χ1n) is 11.1. The third-order valence-corrected chi connectivity index (χ3v) is 6.36. The van der Waals surface area contributed by atoms with Crippen LogP contribution >= 0.6 is 0 Å². The van der Waals surface area contributed by atoms with E-state index in [4.69, 9.17) is 9.15 Å². The summed E-state index contributed by atoms with van der Waals surface area (Å²) in [5, 5.41) is 11.2. The highest BCUT2D eigenvalue weighted by molar-refractivity contribution is 5.85. The van der Waals surface area contributed by atoms with Gasteiger partial charge in [-0.15, -0.1) is 10.2 Å². The van der Waals surface area contributed by atoms with Crippen LogP contribution in [-0.4, -0.2) is 53.3 Å². The molecular formula is C26H28N4O2. The van der Waals surface area contributed by atoms with Crippen molar-refractivity contribution >= 4 is 10.8 Å². The molecule has 5 rings (SSSR count). The number of hydrogen-bond acceptors (Lipinski definition) is 6. The number of ether oxygens (including phenoxy) is 1. The predicted octanol–water partition coefficient (Wildman–Crippen LogP) is 4.78. The Morgan fingerprint density at radius 3 is 2.44 bits per heavy atom. The van der Waals surface area contributed by atoms with E-state index in [9.17, 15) is 0 Å². The summed E-state index contributed by atoms with van der Waals surface area (Å²) in [6, 6.07) is 23.0. The zero-order valence-corrected chi connectivity index (χ0v) is 18.6. The molecule has 1 aromatic heterocycles. The van der Waals surface area contributed by atoms with E-state index in [1.165, 1.54) is 16.3 Å². The maximum atomic E-state index is 6.01. The summed E-state index contributed by atoms with van der Waals surface area (Å²) >= 11 is 0. The highest BCUT2D eigenvalue weighted by Gasteiger charge is 2.26. The molecule has 0 amide bonds. The smallest absolute Gasteiger partial charge is 0.247 e. The Balaban J connectivity index is 1.21. The lowest BCUT2D eigenvalue weighted by atomic mass is 10.0. The van der Waals surface area contributed by atoms with Gasteiger partial charge in [0, 0.05) is 38.3 Å². The van der Waals surface area contributed by atoms with E-state index in [2.05, 4.69) is 69.4 Å². The second-order valence-corrected chi connectivity index (χ2v) is 8.30. The molecule has 1 fully saturated rings. The van der Waals surface area contributed by atoms with Crippen molar-refractivity contribution in [1.82, 2.24) is 20.0 Å². The largest absolute Gasteiger partial charge is 0.497 e. The summed E-state index contributed by atoms with van der Waals surface area (Å²) in [6.07, 6.45) is 0. The second-order valence-electron chi connectivity index (χ2n) is 8.30. The van der Waals surface area contributed by atoms with Crippen LogP contribution in [0.3, 0.4) is 0 Å². The molecule has 3 aromatic carbocycles. The molecule has 1 saturated heterocycles. The maximum absolute atomic E-state index is 6.01. The van der Waals surface area contributed by atoms with Gasteiger partial charge in [0.2, 0.25) is 11.8 Å². The van der Waals surface area contributed by atoms with Crippen LogP contribution in [0.2, 0.25) is 0 Å². The molecule has 0 N–H and O–H groups in total. The fourth-order valence-corrected chi connectivity index (χ4v) is 4.39. The number of hydrogen-bond donors (Lipinski definition) is 0. The van der Waals surface area contributed by atoms with Crippen molar-refractivity contribution in [2.45, 2.75) is 19.5 Å². The molecule has 0 bridgehead atoms. The number of methoxy groups -OCH3 is 1. The van der Waals surface area contributed by atoms with E-state index in [1.807, 2.05) is 24.3 Å². The Morgan fingerprint density at radius 2 is 1.66 bits per heavy atom. The van der Waals surface area contributed by atoms with Crippen LogP contribution in [0.25, 0.3) is 22.2 Å². The van der Waals surface area contributed by atoms with E-state index in [0.717, 1.165) is 44.0 Å². The Labute approximate surface area is 188 Å². The van der Waals surface area contributed by atoms with Crippen LogP contribution in [0.5, 0.6) is 5.75 Å². The van der Waals surface area contributed by atoms with Gasteiger partial charge < -0.3 is 9.15 Å². The lowest BCUT2D eigenvalue weighted by Gasteiger charge is -2.37. The quantitative estimate of drug-likeness (QED) is 0.441. The topological polar surface area (TPSA) is 54.6 Å². The number of rotatable bonds is 6. The lowest BCUT2D eigenvalue weighted by molar-refractivity contribution is 0.0878. The summed E-state index contributed by atoms with van der Waals surface area (Å²) in [6.45, 7) is 7.12. The summed E-state index contributed by atoms with van der Waals surface area (Å²) in [7, 11) is 1.66. The minimum atomic E-state index is 0.0919. The molecule has 0 spiro atoms. The molecule has 6 nitrogen and oxygen atoms in total. The number of aromatic nitrogens is 2. The minimum Gasteiger partial charge on any atom is -0.497 e. The first-order valence-corrected chi connectivity index (χ1v) is 11.1. The molecule has 6 heteroatoms. The monoisotopic (exact) mass is 428 g/mol. The van der Waals surface area contributed by atoms with Gasteiger partial charge in [0.15, 0.2) is 0 Å². The molecule has 0 aliphatic carbocycles. The van der Waals surface area contributed by atoms with Gasteiger partial charge in [-0.3, -0.25) is 9.80 Å². The second kappa shape index (κ2) is 9.10. The van der Waals surface area contributed by atoms with Gasteiger partial charge in [-0.2, -0.15) is 0 Å². The fraction of sp³-hybridized carbons (Fsp3) is 0.308. The summed E-state index contributed by atoms with van der Waals surface area (Å²) in [4.78, 5) is 4.95. The molecule has 32 heavy (non-hydrogen) atoms. The van der Waals surface area contributed by atoms with E-state index >= 15 is 0 Å². The maximum Gasteiger partial charge on any atom is 0.247 e. The van der Waals surface area contributed by atoms with E-state index in [1.54, 1.807) is 7.11 Å². The highest BCUT2D eigenvalue weighted by Crippen LogP contribution is 2.27. The molecule has 164 valence electrons. The van der Waals surface area contributed by atoms with Gasteiger partial charge in [-0.05, 0) is 47.5 Å². The van der Waals surface area contributed by atoms with Crippen molar-refractivity contribution in [2.24, 2.45) is 0 Å². The zero-order valence-electron chi connectivity index (χ0n) is 18.6. The molecule has 0 radical (unpaired) electrons. The molecule has 0 unspecified atom stereocenters. The molecule has 2 heterocycles. The van der Waals surface area contributed by atoms with Gasteiger partial charge >= 0.3 is 0 Å². The van der Waals surface area contributed by atoms with E-state index in [-0.39, 0.29) is 6.04 Å². The highest BCUT2D eigenvalue weighted by atomic mass is 16.5. The third-order valence-electron chi connectivity index (χ3n) is 6.36. The first-order chi connectivity index (χ1) is 15.7. The zero-order chi connectivity index (χ0) is 21.9. The van der Waals surface area contributed by atoms with Crippen LogP contribution in [0, 0.1) is 0 Å². The van der Waals surface area contributed by atoms with Gasteiger partial charge in [-0.25, -0.2) is 0 Å². The number of piperazine rings is 1. The SMILES string of the molecule is COc1ccc(-c2nnc([C@H](C)N3CCN(Cc4cccc5ccccc45)CC3)o2)cc1. The molecule has 0 saturated carbocycles. The Morgan fingerprint density at radius 1 is 0.906 bits per heavy atom. The average Bonchev–Trinajstić information content (AvgIpc) is 3.35. The van der Waals surface area contributed by atoms with Crippen molar-refractivity contribution in [3.05, 3.63) is 78.2 Å². The van der Waals surface area contributed by atoms with Crippen molar-refractivity contribution in [3.63, 3.8) is 0 Å². The number of nitrogens with zero attached hydrogens (tertiary/aromatic N) is 4. The normalized spacial score (nSPS) is 16.3. The summed E-state index contributed by atoms with van der Waals surface area (Å²) in [5.74, 6) is 2.02. The Hall–Kier alpha value is -3.22. The van der Waals surface area contributed by atoms with Crippen LogP contribution in [0.1, 0.15) is 24.4 Å². The molecule has 1 atom stereocenters. The summed E-state index contributed by atoms with van der Waals surface area (Å²) in [5.41, 5.74) is 2.29. The van der Waals surface area contributed by atoms with Gasteiger partial charge in [0.1, 0.15) is 5.75 Å². The number of fused-ring (bicyclic) bond motifs is 1. The van der Waals surface area contributed by atoms with E-state index < -0.39 is 0 Å². The number of benzene rings is 3. The molecule has 4 aromatic rings. The van der Waals surface area contributed by atoms with Gasteiger partial charge in [0.05, 0.1) is 13.2 Å². The van der Waals surface area contributed by atoms with Crippen molar-refractivity contribution < 1.29 is 9.15 Å². The Kier molecular flexibility index (Phi) is 5.88. The lowest BCUT2D eigenvalue weighted by Crippen LogP contribution is -2.46. The minimum absolute atomic E-state index is 0.0919. The van der Waals surface area contributed by atoms with Crippen LogP contribution in [0.15, 0.2) is 71.1 Å².